The van der Waals surface area contributed by atoms with Crippen molar-refractivity contribution in [2.75, 3.05) is 36.0 Å². The molecular formula is C21H28IN5. The SMILES string of the molecule is CCNC(=NCc1ccc(N2CCCC2)nc1)N1CCc2ccccc21.I. The molecule has 5 nitrogen and oxygen atoms in total. The van der Waals surface area contributed by atoms with Crippen LogP contribution in [0, 0.1) is 0 Å². The molecule has 1 fully saturated rings. The molecule has 1 saturated heterocycles. The fourth-order valence-corrected chi connectivity index (χ4v) is 3.76. The molecule has 1 aromatic carbocycles. The lowest BCUT2D eigenvalue weighted by Gasteiger charge is -2.22. The minimum atomic E-state index is 0. The average molecular weight is 477 g/mol. The van der Waals surface area contributed by atoms with Crippen LogP contribution in [0.2, 0.25) is 0 Å². The molecule has 0 unspecified atom stereocenters. The molecule has 0 spiro atoms. The Morgan fingerprint density at radius 2 is 1.93 bits per heavy atom. The maximum atomic E-state index is 4.87. The topological polar surface area (TPSA) is 43.8 Å². The van der Waals surface area contributed by atoms with Crippen molar-refractivity contribution >= 4 is 41.4 Å². The largest absolute Gasteiger partial charge is 0.357 e. The maximum absolute atomic E-state index is 4.87. The second kappa shape index (κ2) is 9.39. The molecule has 2 aliphatic heterocycles. The Bertz CT molecular complexity index is 768. The fraction of sp³-hybridized carbons (Fsp3) is 0.429. The van der Waals surface area contributed by atoms with Crippen LogP contribution in [-0.2, 0) is 13.0 Å². The highest BCUT2D eigenvalue weighted by Crippen LogP contribution is 2.27. The molecule has 27 heavy (non-hydrogen) atoms. The van der Waals surface area contributed by atoms with E-state index >= 15 is 0 Å². The van der Waals surface area contributed by atoms with Gasteiger partial charge in [0.15, 0.2) is 5.96 Å². The molecular weight excluding hydrogens is 449 g/mol. The van der Waals surface area contributed by atoms with E-state index in [9.17, 15) is 0 Å². The Labute approximate surface area is 178 Å². The van der Waals surface area contributed by atoms with Gasteiger partial charge in [0.2, 0.25) is 0 Å². The van der Waals surface area contributed by atoms with Crippen molar-refractivity contribution in [3.8, 4) is 0 Å². The second-order valence-corrected chi connectivity index (χ2v) is 6.92. The molecule has 2 aliphatic rings. The second-order valence-electron chi connectivity index (χ2n) is 6.92. The van der Waals surface area contributed by atoms with Gasteiger partial charge in [-0.15, -0.1) is 24.0 Å². The number of nitrogens with zero attached hydrogens (tertiary/aromatic N) is 4. The predicted octanol–water partition coefficient (Wildman–Crippen LogP) is 3.83. The molecule has 0 atom stereocenters. The molecule has 4 rings (SSSR count). The number of aromatic nitrogens is 1. The summed E-state index contributed by atoms with van der Waals surface area (Å²) in [5, 5.41) is 3.44. The van der Waals surface area contributed by atoms with Gasteiger partial charge >= 0.3 is 0 Å². The van der Waals surface area contributed by atoms with E-state index in [1.807, 2.05) is 6.20 Å². The quantitative estimate of drug-likeness (QED) is 0.413. The first-order chi connectivity index (χ1) is 12.8. The molecule has 1 aromatic heterocycles. The number of para-hydroxylation sites is 1. The van der Waals surface area contributed by atoms with Crippen molar-refractivity contribution in [1.29, 1.82) is 0 Å². The molecule has 144 valence electrons. The van der Waals surface area contributed by atoms with E-state index in [1.54, 1.807) is 0 Å². The summed E-state index contributed by atoms with van der Waals surface area (Å²) in [4.78, 5) is 14.2. The van der Waals surface area contributed by atoms with Gasteiger partial charge in [0.1, 0.15) is 5.82 Å². The van der Waals surface area contributed by atoms with Crippen molar-refractivity contribution < 1.29 is 0 Å². The Morgan fingerprint density at radius 3 is 2.67 bits per heavy atom. The minimum absolute atomic E-state index is 0. The lowest BCUT2D eigenvalue weighted by Crippen LogP contribution is -2.40. The van der Waals surface area contributed by atoms with Gasteiger partial charge in [-0.2, -0.15) is 0 Å². The number of aliphatic imine (C=N–C) groups is 1. The molecule has 0 saturated carbocycles. The summed E-state index contributed by atoms with van der Waals surface area (Å²) in [5.41, 5.74) is 3.82. The third kappa shape index (κ3) is 4.54. The van der Waals surface area contributed by atoms with E-state index in [4.69, 9.17) is 4.99 Å². The third-order valence-corrected chi connectivity index (χ3v) is 5.13. The lowest BCUT2D eigenvalue weighted by molar-refractivity contribution is 0.879. The van der Waals surface area contributed by atoms with E-state index in [0.29, 0.717) is 6.54 Å². The number of guanidine groups is 1. The van der Waals surface area contributed by atoms with E-state index in [1.165, 1.54) is 24.1 Å². The number of pyridine rings is 1. The van der Waals surface area contributed by atoms with Gasteiger partial charge in [-0.25, -0.2) is 9.98 Å². The number of rotatable bonds is 4. The van der Waals surface area contributed by atoms with Gasteiger partial charge in [0, 0.05) is 38.1 Å². The number of halogens is 1. The summed E-state index contributed by atoms with van der Waals surface area (Å²) >= 11 is 0. The van der Waals surface area contributed by atoms with E-state index in [2.05, 4.69) is 63.4 Å². The van der Waals surface area contributed by atoms with Gasteiger partial charge in [0.05, 0.1) is 6.54 Å². The number of anilines is 2. The molecule has 0 bridgehead atoms. The Morgan fingerprint density at radius 1 is 1.11 bits per heavy atom. The number of fused-ring (bicyclic) bond motifs is 1. The summed E-state index contributed by atoms with van der Waals surface area (Å²) in [5.74, 6) is 2.05. The van der Waals surface area contributed by atoms with Crippen molar-refractivity contribution in [2.45, 2.75) is 32.7 Å². The van der Waals surface area contributed by atoms with Gasteiger partial charge in [-0.1, -0.05) is 24.3 Å². The first kappa shape index (κ1) is 19.9. The molecule has 0 amide bonds. The van der Waals surface area contributed by atoms with Crippen LogP contribution in [0.4, 0.5) is 11.5 Å². The van der Waals surface area contributed by atoms with Gasteiger partial charge in [-0.3, -0.25) is 0 Å². The minimum Gasteiger partial charge on any atom is -0.357 e. The normalized spacial score (nSPS) is 16.3. The summed E-state index contributed by atoms with van der Waals surface area (Å²) in [7, 11) is 0. The van der Waals surface area contributed by atoms with Crippen LogP contribution in [0.5, 0.6) is 0 Å². The highest BCUT2D eigenvalue weighted by Gasteiger charge is 2.22. The van der Waals surface area contributed by atoms with Gasteiger partial charge in [-0.05, 0) is 49.4 Å². The molecule has 0 aliphatic carbocycles. The highest BCUT2D eigenvalue weighted by atomic mass is 127. The van der Waals surface area contributed by atoms with Gasteiger partial charge < -0.3 is 15.1 Å². The number of benzene rings is 1. The van der Waals surface area contributed by atoms with Crippen LogP contribution in [0.3, 0.4) is 0 Å². The first-order valence-electron chi connectivity index (χ1n) is 9.69. The molecule has 6 heteroatoms. The van der Waals surface area contributed by atoms with E-state index < -0.39 is 0 Å². The van der Waals surface area contributed by atoms with Crippen LogP contribution in [-0.4, -0.2) is 37.1 Å². The van der Waals surface area contributed by atoms with Crippen LogP contribution >= 0.6 is 24.0 Å². The van der Waals surface area contributed by atoms with Crippen molar-refractivity contribution in [2.24, 2.45) is 4.99 Å². The smallest absolute Gasteiger partial charge is 0.198 e. The first-order valence-corrected chi connectivity index (χ1v) is 9.69. The lowest BCUT2D eigenvalue weighted by atomic mass is 10.2. The van der Waals surface area contributed by atoms with Gasteiger partial charge in [0.25, 0.3) is 0 Å². The molecule has 2 aromatic rings. The molecule has 0 radical (unpaired) electrons. The number of hydrogen-bond donors (Lipinski definition) is 1. The van der Waals surface area contributed by atoms with Crippen molar-refractivity contribution in [1.82, 2.24) is 10.3 Å². The van der Waals surface area contributed by atoms with Crippen LogP contribution in [0.25, 0.3) is 0 Å². The monoisotopic (exact) mass is 477 g/mol. The zero-order chi connectivity index (χ0) is 17.8. The van der Waals surface area contributed by atoms with Crippen LogP contribution in [0.1, 0.15) is 30.9 Å². The van der Waals surface area contributed by atoms with Crippen LogP contribution < -0.4 is 15.1 Å². The fourth-order valence-electron chi connectivity index (χ4n) is 3.76. The summed E-state index contributed by atoms with van der Waals surface area (Å²) in [6.07, 6.45) is 5.60. The Kier molecular flexibility index (Phi) is 6.93. The summed E-state index contributed by atoms with van der Waals surface area (Å²) < 4.78 is 0. The average Bonchev–Trinajstić information content (AvgIpc) is 3.36. The highest BCUT2D eigenvalue weighted by molar-refractivity contribution is 14.0. The summed E-state index contributed by atoms with van der Waals surface area (Å²) in [6.45, 7) is 6.87. The standard InChI is InChI=1S/C21H27N5.HI/c1-2-22-21(26-14-11-18-7-3-4-8-19(18)26)24-16-17-9-10-20(23-15-17)25-12-5-6-13-25;/h3-4,7-10,15H,2,5-6,11-14,16H2,1H3,(H,22,24);1H. The summed E-state index contributed by atoms with van der Waals surface area (Å²) in [6, 6.07) is 12.9. The number of hydrogen-bond acceptors (Lipinski definition) is 3. The zero-order valence-electron chi connectivity index (χ0n) is 15.9. The molecule has 3 heterocycles. The van der Waals surface area contributed by atoms with Crippen molar-refractivity contribution in [3.05, 3.63) is 53.7 Å². The molecule has 1 N–H and O–H groups in total. The maximum Gasteiger partial charge on any atom is 0.198 e. The predicted molar refractivity (Wildman–Crippen MR) is 123 cm³/mol. The zero-order valence-corrected chi connectivity index (χ0v) is 18.2. The van der Waals surface area contributed by atoms with Crippen LogP contribution in [0.15, 0.2) is 47.6 Å². The Balaban J connectivity index is 0.00000210. The van der Waals surface area contributed by atoms with E-state index in [0.717, 1.165) is 49.9 Å². The van der Waals surface area contributed by atoms with E-state index in [-0.39, 0.29) is 24.0 Å². The van der Waals surface area contributed by atoms with Crippen molar-refractivity contribution in [3.63, 3.8) is 0 Å². The third-order valence-electron chi connectivity index (χ3n) is 5.13. The Hall–Kier alpha value is -1.83. The number of nitrogens with one attached hydrogen (secondary N) is 1.